The number of nitrogens with one attached hydrogen (secondary N) is 1. The van der Waals surface area contributed by atoms with Crippen LogP contribution < -0.4 is 15.2 Å². The third-order valence-corrected chi connectivity index (χ3v) is 4.83. The lowest BCUT2D eigenvalue weighted by molar-refractivity contribution is -0.290. The first-order valence-corrected chi connectivity index (χ1v) is 9.92. The van der Waals surface area contributed by atoms with E-state index in [2.05, 4.69) is 10.1 Å². The van der Waals surface area contributed by atoms with Crippen LogP contribution in [0.3, 0.4) is 0 Å². The number of primary sulfonamides is 1. The highest BCUT2D eigenvalue weighted by atomic mass is 32.2. The minimum absolute atomic E-state index is 0.0159. The SMILES string of the molecule is NS(=O)(=O)c1ccc(CCNCc2cccc(OCC(F)(F)C(F)(F)F)c2)cc1. The molecule has 5 nitrogen and oxygen atoms in total. The maximum Gasteiger partial charge on any atom is 0.456 e. The van der Waals surface area contributed by atoms with Crippen LogP contribution in [-0.2, 0) is 23.0 Å². The van der Waals surface area contributed by atoms with Gasteiger partial charge in [-0.2, -0.15) is 22.0 Å². The summed E-state index contributed by atoms with van der Waals surface area (Å²) in [5, 5.41) is 8.12. The van der Waals surface area contributed by atoms with E-state index >= 15 is 0 Å². The Morgan fingerprint density at radius 1 is 0.966 bits per heavy atom. The first kappa shape index (κ1) is 23.0. The molecule has 11 heteroatoms. The molecule has 0 saturated heterocycles. The summed E-state index contributed by atoms with van der Waals surface area (Å²) in [5.74, 6) is -5.02. The highest BCUT2D eigenvalue weighted by Gasteiger charge is 2.58. The van der Waals surface area contributed by atoms with Gasteiger partial charge >= 0.3 is 12.1 Å². The fourth-order valence-corrected chi connectivity index (χ4v) is 2.83. The van der Waals surface area contributed by atoms with Gasteiger partial charge in [0.15, 0.2) is 6.61 Å². The van der Waals surface area contributed by atoms with Crippen LogP contribution in [0.4, 0.5) is 22.0 Å². The lowest BCUT2D eigenvalue weighted by Gasteiger charge is -2.20. The van der Waals surface area contributed by atoms with Gasteiger partial charge in [-0.1, -0.05) is 24.3 Å². The molecule has 0 aromatic heterocycles. The predicted molar refractivity (Wildman–Crippen MR) is 96.2 cm³/mol. The second kappa shape index (κ2) is 9.06. The van der Waals surface area contributed by atoms with E-state index in [0.29, 0.717) is 25.1 Å². The maximum absolute atomic E-state index is 12.9. The Labute approximate surface area is 164 Å². The van der Waals surface area contributed by atoms with Crippen LogP contribution in [0.5, 0.6) is 5.75 Å². The van der Waals surface area contributed by atoms with Crippen molar-refractivity contribution in [3.63, 3.8) is 0 Å². The summed E-state index contributed by atoms with van der Waals surface area (Å²) in [4.78, 5) is 0.0159. The van der Waals surface area contributed by atoms with Gasteiger partial charge in [0.05, 0.1) is 4.90 Å². The second-order valence-corrected chi connectivity index (χ2v) is 7.82. The number of rotatable bonds is 9. The summed E-state index contributed by atoms with van der Waals surface area (Å²) in [6.45, 7) is -0.935. The molecule has 0 spiro atoms. The number of hydrogen-bond acceptors (Lipinski definition) is 4. The van der Waals surface area contributed by atoms with Crippen molar-refractivity contribution in [3.8, 4) is 5.75 Å². The topological polar surface area (TPSA) is 81.4 Å². The van der Waals surface area contributed by atoms with Crippen molar-refractivity contribution in [1.29, 1.82) is 0 Å². The van der Waals surface area contributed by atoms with Crippen molar-refractivity contribution >= 4 is 10.0 Å². The monoisotopic (exact) mass is 438 g/mol. The molecule has 2 aromatic carbocycles. The summed E-state index contributed by atoms with van der Waals surface area (Å²) in [6, 6.07) is 11.9. The zero-order chi connectivity index (χ0) is 21.7. The molecule has 0 atom stereocenters. The Balaban J connectivity index is 1.82. The van der Waals surface area contributed by atoms with E-state index in [1.165, 1.54) is 30.3 Å². The molecular formula is C18H19F5N2O3S. The van der Waals surface area contributed by atoms with Crippen LogP contribution in [0, 0.1) is 0 Å². The van der Waals surface area contributed by atoms with Crippen LogP contribution in [0.1, 0.15) is 11.1 Å². The van der Waals surface area contributed by atoms with Crippen molar-refractivity contribution in [1.82, 2.24) is 5.32 Å². The number of sulfonamides is 1. The van der Waals surface area contributed by atoms with E-state index in [4.69, 9.17) is 5.14 Å². The number of benzene rings is 2. The molecule has 0 aliphatic rings. The summed E-state index contributed by atoms with van der Waals surface area (Å²) < 4.78 is 89.3. The van der Waals surface area contributed by atoms with Crippen LogP contribution >= 0.6 is 0 Å². The second-order valence-electron chi connectivity index (χ2n) is 6.25. The minimum Gasteiger partial charge on any atom is -0.487 e. The zero-order valence-corrected chi connectivity index (χ0v) is 15.9. The zero-order valence-electron chi connectivity index (χ0n) is 15.0. The summed E-state index contributed by atoms with van der Waals surface area (Å²) in [6.07, 6.45) is -5.09. The Morgan fingerprint density at radius 2 is 1.62 bits per heavy atom. The quantitative estimate of drug-likeness (QED) is 0.465. The Kier molecular flexibility index (Phi) is 7.20. The summed E-state index contributed by atoms with van der Waals surface area (Å²) in [5.41, 5.74) is 1.51. The Morgan fingerprint density at radius 3 is 2.21 bits per heavy atom. The highest BCUT2D eigenvalue weighted by molar-refractivity contribution is 7.89. The van der Waals surface area contributed by atoms with Gasteiger partial charge in [0.2, 0.25) is 10.0 Å². The van der Waals surface area contributed by atoms with Crippen molar-refractivity contribution in [2.75, 3.05) is 13.2 Å². The minimum atomic E-state index is -5.67. The number of hydrogen-bond donors (Lipinski definition) is 2. The Hall–Kier alpha value is -2.24. The molecule has 0 aliphatic carbocycles. The average Bonchev–Trinajstić information content (AvgIpc) is 2.63. The molecule has 2 rings (SSSR count). The third kappa shape index (κ3) is 6.94. The van der Waals surface area contributed by atoms with E-state index in [1.54, 1.807) is 18.2 Å². The molecule has 0 aliphatic heterocycles. The van der Waals surface area contributed by atoms with Gasteiger partial charge in [0.25, 0.3) is 0 Å². The molecule has 160 valence electrons. The standard InChI is InChI=1S/C18H19F5N2O3S/c19-17(20,18(21,22)23)12-28-15-3-1-2-14(10-15)11-25-9-8-13-4-6-16(7-5-13)29(24,26)27/h1-7,10,25H,8-9,11-12H2,(H2,24,26,27). The molecule has 0 heterocycles. The molecule has 0 amide bonds. The number of halogens is 5. The fourth-order valence-electron chi connectivity index (χ4n) is 2.31. The van der Waals surface area contributed by atoms with Gasteiger partial charge in [-0.15, -0.1) is 0 Å². The van der Waals surface area contributed by atoms with E-state index in [0.717, 1.165) is 5.56 Å². The van der Waals surface area contributed by atoms with Gasteiger partial charge in [-0.3, -0.25) is 0 Å². The fraction of sp³-hybridized carbons (Fsp3) is 0.333. The molecule has 3 N–H and O–H groups in total. The van der Waals surface area contributed by atoms with Crippen molar-refractivity contribution < 1.29 is 35.1 Å². The van der Waals surface area contributed by atoms with Crippen LogP contribution in [0.15, 0.2) is 53.4 Å². The largest absolute Gasteiger partial charge is 0.487 e. The molecular weight excluding hydrogens is 419 g/mol. The van der Waals surface area contributed by atoms with Crippen LogP contribution in [0.25, 0.3) is 0 Å². The van der Waals surface area contributed by atoms with Gasteiger partial charge in [-0.25, -0.2) is 13.6 Å². The smallest absolute Gasteiger partial charge is 0.456 e. The third-order valence-electron chi connectivity index (χ3n) is 3.90. The summed E-state index contributed by atoms with van der Waals surface area (Å²) >= 11 is 0. The van der Waals surface area contributed by atoms with Crippen molar-refractivity contribution in [2.45, 2.75) is 30.0 Å². The first-order chi connectivity index (χ1) is 13.4. The molecule has 0 radical (unpaired) electrons. The van der Waals surface area contributed by atoms with Gasteiger partial charge in [0, 0.05) is 6.54 Å². The molecule has 0 unspecified atom stereocenters. The van der Waals surface area contributed by atoms with Crippen LogP contribution in [-0.4, -0.2) is 33.7 Å². The van der Waals surface area contributed by atoms with E-state index in [9.17, 15) is 30.4 Å². The predicted octanol–water partition coefficient (Wildman–Crippen LogP) is 3.24. The Bertz CT molecular complexity index is 916. The molecule has 2 aromatic rings. The normalized spacial score (nSPS) is 12.8. The summed E-state index contributed by atoms with van der Waals surface area (Å²) in [7, 11) is -3.74. The first-order valence-electron chi connectivity index (χ1n) is 8.37. The van der Waals surface area contributed by atoms with Crippen molar-refractivity contribution in [3.05, 3.63) is 59.7 Å². The molecule has 0 saturated carbocycles. The van der Waals surface area contributed by atoms with E-state index in [-0.39, 0.29) is 10.6 Å². The number of nitrogens with two attached hydrogens (primary N) is 1. The van der Waals surface area contributed by atoms with Gasteiger partial charge in [-0.05, 0) is 48.4 Å². The number of ether oxygens (including phenoxy) is 1. The molecule has 0 bridgehead atoms. The lowest BCUT2D eigenvalue weighted by Crippen LogP contribution is -2.41. The van der Waals surface area contributed by atoms with Crippen molar-refractivity contribution in [2.24, 2.45) is 5.14 Å². The van der Waals surface area contributed by atoms with Crippen LogP contribution in [0.2, 0.25) is 0 Å². The maximum atomic E-state index is 12.9. The van der Waals surface area contributed by atoms with Gasteiger partial charge < -0.3 is 10.1 Å². The highest BCUT2D eigenvalue weighted by Crippen LogP contribution is 2.35. The molecule has 29 heavy (non-hydrogen) atoms. The number of alkyl halides is 5. The van der Waals surface area contributed by atoms with E-state index in [1.807, 2.05) is 0 Å². The van der Waals surface area contributed by atoms with E-state index < -0.39 is 28.7 Å². The lowest BCUT2D eigenvalue weighted by atomic mass is 10.1. The van der Waals surface area contributed by atoms with Gasteiger partial charge in [0.1, 0.15) is 5.75 Å². The average molecular weight is 438 g/mol. The molecule has 0 fully saturated rings.